The highest BCUT2D eigenvalue weighted by atomic mass is 35.5. The molecular weight excluding hydrogens is 304 g/mol. The lowest BCUT2D eigenvalue weighted by Crippen LogP contribution is -2.38. The summed E-state index contributed by atoms with van der Waals surface area (Å²) in [4.78, 5) is 23.8. The second-order valence-corrected chi connectivity index (χ2v) is 5.63. The SMILES string of the molecule is CCc1ccc(Cl)c(CC)c1NC(=O)C(=O)NCC(C)CO. The molecule has 0 spiro atoms. The highest BCUT2D eigenvalue weighted by Gasteiger charge is 2.18. The van der Waals surface area contributed by atoms with Crippen LogP contribution in [0.1, 0.15) is 31.9 Å². The first kappa shape index (κ1) is 18.5. The molecule has 2 amide bonds. The van der Waals surface area contributed by atoms with Crippen molar-refractivity contribution in [2.45, 2.75) is 33.6 Å². The number of benzene rings is 1. The Kier molecular flexibility index (Phi) is 7.35. The summed E-state index contributed by atoms with van der Waals surface area (Å²) in [6.45, 7) is 5.90. The molecule has 0 fully saturated rings. The van der Waals surface area contributed by atoms with Gasteiger partial charge in [-0.3, -0.25) is 9.59 Å². The lowest BCUT2D eigenvalue weighted by atomic mass is 10.0. The maximum atomic E-state index is 12.0. The van der Waals surface area contributed by atoms with Gasteiger partial charge in [0.25, 0.3) is 0 Å². The van der Waals surface area contributed by atoms with Gasteiger partial charge < -0.3 is 15.7 Å². The molecule has 0 aliphatic heterocycles. The lowest BCUT2D eigenvalue weighted by molar-refractivity contribution is -0.136. The molecule has 0 saturated carbocycles. The number of anilines is 1. The van der Waals surface area contributed by atoms with Gasteiger partial charge in [-0.05, 0) is 36.0 Å². The average Bonchev–Trinajstić information content (AvgIpc) is 2.52. The van der Waals surface area contributed by atoms with Crippen LogP contribution in [-0.2, 0) is 22.4 Å². The molecule has 22 heavy (non-hydrogen) atoms. The number of hydrogen-bond donors (Lipinski definition) is 3. The number of aryl methyl sites for hydroxylation is 1. The first-order chi connectivity index (χ1) is 10.4. The molecule has 0 aliphatic rings. The normalized spacial score (nSPS) is 11.9. The number of aliphatic hydroxyl groups excluding tert-OH is 1. The van der Waals surface area contributed by atoms with E-state index in [-0.39, 0.29) is 19.1 Å². The van der Waals surface area contributed by atoms with Crippen LogP contribution in [0.25, 0.3) is 0 Å². The average molecular weight is 327 g/mol. The minimum absolute atomic E-state index is 0.0455. The van der Waals surface area contributed by atoms with Gasteiger partial charge in [-0.25, -0.2) is 0 Å². The highest BCUT2D eigenvalue weighted by Crippen LogP contribution is 2.29. The van der Waals surface area contributed by atoms with Crippen molar-refractivity contribution in [2.24, 2.45) is 5.92 Å². The van der Waals surface area contributed by atoms with Crippen LogP contribution in [0.4, 0.5) is 5.69 Å². The Bertz CT molecular complexity index is 546. The Morgan fingerprint density at radius 2 is 1.91 bits per heavy atom. The van der Waals surface area contributed by atoms with Crippen molar-refractivity contribution in [3.8, 4) is 0 Å². The van der Waals surface area contributed by atoms with Crippen LogP contribution in [0.5, 0.6) is 0 Å². The fraction of sp³-hybridized carbons (Fsp3) is 0.500. The number of hydrogen-bond acceptors (Lipinski definition) is 3. The second kappa shape index (κ2) is 8.76. The van der Waals surface area contributed by atoms with Crippen LogP contribution in [0, 0.1) is 5.92 Å². The van der Waals surface area contributed by atoms with E-state index in [2.05, 4.69) is 10.6 Å². The van der Waals surface area contributed by atoms with E-state index in [0.717, 1.165) is 17.5 Å². The minimum Gasteiger partial charge on any atom is -0.396 e. The Balaban J connectivity index is 2.87. The van der Waals surface area contributed by atoms with Gasteiger partial charge in [0.05, 0.1) is 0 Å². The predicted molar refractivity (Wildman–Crippen MR) is 88.1 cm³/mol. The van der Waals surface area contributed by atoms with Crippen molar-refractivity contribution < 1.29 is 14.7 Å². The van der Waals surface area contributed by atoms with Crippen molar-refractivity contribution in [3.05, 3.63) is 28.3 Å². The third-order valence-corrected chi connectivity index (χ3v) is 3.80. The van der Waals surface area contributed by atoms with Crippen LogP contribution >= 0.6 is 11.6 Å². The topological polar surface area (TPSA) is 78.4 Å². The van der Waals surface area contributed by atoms with Gasteiger partial charge in [0, 0.05) is 23.9 Å². The summed E-state index contributed by atoms with van der Waals surface area (Å²) in [5.41, 5.74) is 2.38. The lowest BCUT2D eigenvalue weighted by Gasteiger charge is -2.16. The molecule has 0 saturated heterocycles. The maximum Gasteiger partial charge on any atom is 0.313 e. The van der Waals surface area contributed by atoms with Crippen LogP contribution in [0.3, 0.4) is 0 Å². The molecule has 0 aliphatic carbocycles. The monoisotopic (exact) mass is 326 g/mol. The Morgan fingerprint density at radius 3 is 2.45 bits per heavy atom. The minimum atomic E-state index is -0.725. The van der Waals surface area contributed by atoms with E-state index in [9.17, 15) is 9.59 Å². The first-order valence-electron chi connectivity index (χ1n) is 7.44. The van der Waals surface area contributed by atoms with E-state index in [4.69, 9.17) is 16.7 Å². The zero-order chi connectivity index (χ0) is 16.7. The number of nitrogens with one attached hydrogen (secondary N) is 2. The van der Waals surface area contributed by atoms with Gasteiger partial charge in [0.15, 0.2) is 0 Å². The summed E-state index contributed by atoms with van der Waals surface area (Å²) in [5.74, 6) is -1.54. The molecule has 6 heteroatoms. The van der Waals surface area contributed by atoms with Crippen molar-refractivity contribution in [1.82, 2.24) is 5.32 Å². The third kappa shape index (κ3) is 4.71. The summed E-state index contributed by atoms with van der Waals surface area (Å²) in [6, 6.07) is 3.65. The number of aliphatic hydroxyl groups is 1. The Hall–Kier alpha value is -1.59. The molecular formula is C16H23ClN2O3. The molecule has 5 nitrogen and oxygen atoms in total. The van der Waals surface area contributed by atoms with Gasteiger partial charge in [-0.1, -0.05) is 38.4 Å². The van der Waals surface area contributed by atoms with E-state index >= 15 is 0 Å². The van der Waals surface area contributed by atoms with Gasteiger partial charge >= 0.3 is 11.8 Å². The summed E-state index contributed by atoms with van der Waals surface area (Å²) >= 11 is 6.16. The van der Waals surface area contributed by atoms with E-state index < -0.39 is 11.8 Å². The highest BCUT2D eigenvalue weighted by molar-refractivity contribution is 6.40. The second-order valence-electron chi connectivity index (χ2n) is 5.22. The van der Waals surface area contributed by atoms with E-state index in [1.807, 2.05) is 19.9 Å². The summed E-state index contributed by atoms with van der Waals surface area (Å²) in [6.07, 6.45) is 1.38. The van der Waals surface area contributed by atoms with Gasteiger partial charge in [0.1, 0.15) is 0 Å². The summed E-state index contributed by atoms with van der Waals surface area (Å²) in [7, 11) is 0. The van der Waals surface area contributed by atoms with Crippen molar-refractivity contribution in [2.75, 3.05) is 18.5 Å². The fourth-order valence-electron chi connectivity index (χ4n) is 2.05. The number of amides is 2. The molecule has 0 aromatic heterocycles. The van der Waals surface area contributed by atoms with Crippen LogP contribution in [0.2, 0.25) is 5.02 Å². The standard InChI is InChI=1S/C16H23ClN2O3/c1-4-11-6-7-13(17)12(5-2)14(11)19-16(22)15(21)18-8-10(3)9-20/h6-7,10,20H,4-5,8-9H2,1-3H3,(H,18,21)(H,19,22). The zero-order valence-electron chi connectivity index (χ0n) is 13.2. The van der Waals surface area contributed by atoms with Crippen LogP contribution < -0.4 is 10.6 Å². The molecule has 1 atom stereocenters. The molecule has 0 bridgehead atoms. The number of carbonyl (C=O) groups is 2. The van der Waals surface area contributed by atoms with E-state index in [1.165, 1.54) is 0 Å². The van der Waals surface area contributed by atoms with Crippen LogP contribution in [-0.4, -0.2) is 30.1 Å². The zero-order valence-corrected chi connectivity index (χ0v) is 14.0. The molecule has 1 rings (SSSR count). The van der Waals surface area contributed by atoms with E-state index in [1.54, 1.807) is 13.0 Å². The van der Waals surface area contributed by atoms with Crippen molar-refractivity contribution >= 4 is 29.1 Å². The Labute approximate surface area is 136 Å². The summed E-state index contributed by atoms with van der Waals surface area (Å²) in [5, 5.41) is 14.7. The van der Waals surface area contributed by atoms with Gasteiger partial charge in [0.2, 0.25) is 0 Å². The third-order valence-electron chi connectivity index (χ3n) is 3.44. The van der Waals surface area contributed by atoms with Gasteiger partial charge in [-0.15, -0.1) is 0 Å². The maximum absolute atomic E-state index is 12.0. The molecule has 3 N–H and O–H groups in total. The van der Waals surface area contributed by atoms with E-state index in [0.29, 0.717) is 17.1 Å². The number of carbonyl (C=O) groups excluding carboxylic acids is 2. The largest absolute Gasteiger partial charge is 0.396 e. The van der Waals surface area contributed by atoms with Crippen molar-refractivity contribution in [1.29, 1.82) is 0 Å². The molecule has 1 aromatic carbocycles. The smallest absolute Gasteiger partial charge is 0.313 e. The molecule has 1 unspecified atom stereocenters. The molecule has 122 valence electrons. The van der Waals surface area contributed by atoms with Gasteiger partial charge in [-0.2, -0.15) is 0 Å². The first-order valence-corrected chi connectivity index (χ1v) is 7.82. The predicted octanol–water partition coefficient (Wildman–Crippen LogP) is 2.15. The van der Waals surface area contributed by atoms with Crippen LogP contribution in [0.15, 0.2) is 12.1 Å². The number of halogens is 1. The summed E-state index contributed by atoms with van der Waals surface area (Å²) < 4.78 is 0. The molecule has 0 radical (unpaired) electrons. The Morgan fingerprint density at radius 1 is 1.23 bits per heavy atom. The number of rotatable bonds is 6. The fourth-order valence-corrected chi connectivity index (χ4v) is 2.34. The van der Waals surface area contributed by atoms with Crippen molar-refractivity contribution in [3.63, 3.8) is 0 Å². The molecule has 0 heterocycles. The quantitative estimate of drug-likeness (QED) is 0.701. The molecule has 1 aromatic rings.